The Kier molecular flexibility index (Phi) is 2.73. The quantitative estimate of drug-likeness (QED) is 0.662. The fourth-order valence-electron chi connectivity index (χ4n) is 2.51. The van der Waals surface area contributed by atoms with Gasteiger partial charge in [0, 0.05) is 12.5 Å². The Hall–Kier alpha value is -0.610. The normalized spacial score (nSPS) is 42.5. The molecule has 2 aliphatic rings. The number of rotatable bonds is 4. The fourth-order valence-corrected chi connectivity index (χ4v) is 2.51. The molecular weight excluding hydrogens is 196 g/mol. The third-order valence-electron chi connectivity index (χ3n) is 3.36. The van der Waals surface area contributed by atoms with Gasteiger partial charge in [0.05, 0.1) is 12.7 Å². The molecule has 86 valence electrons. The van der Waals surface area contributed by atoms with Gasteiger partial charge in [0.15, 0.2) is 6.29 Å². The topological polar surface area (TPSA) is 44.8 Å². The first kappa shape index (κ1) is 10.9. The van der Waals surface area contributed by atoms with Crippen LogP contribution in [0.5, 0.6) is 0 Å². The van der Waals surface area contributed by atoms with Crippen LogP contribution in [-0.2, 0) is 19.0 Å². The number of hydrogen-bond donors (Lipinski definition) is 0. The number of ether oxygens (including phenoxy) is 3. The molecule has 2 rings (SSSR count). The van der Waals surface area contributed by atoms with Crippen LogP contribution in [0.4, 0.5) is 0 Å². The zero-order valence-electron chi connectivity index (χ0n) is 9.49. The van der Waals surface area contributed by atoms with Gasteiger partial charge in [-0.3, -0.25) is 4.79 Å². The van der Waals surface area contributed by atoms with Crippen LogP contribution in [0.1, 0.15) is 27.2 Å². The van der Waals surface area contributed by atoms with E-state index in [0.29, 0.717) is 13.2 Å². The Bertz CT molecular complexity index is 265. The van der Waals surface area contributed by atoms with E-state index in [-0.39, 0.29) is 18.0 Å². The molecule has 0 aromatic heterocycles. The molecule has 0 spiro atoms. The molecule has 4 nitrogen and oxygen atoms in total. The van der Waals surface area contributed by atoms with Crippen LogP contribution in [0.25, 0.3) is 0 Å². The highest BCUT2D eigenvalue weighted by atomic mass is 16.7. The van der Waals surface area contributed by atoms with Gasteiger partial charge in [-0.1, -0.05) is 0 Å². The van der Waals surface area contributed by atoms with Crippen molar-refractivity contribution in [2.45, 2.75) is 39.6 Å². The van der Waals surface area contributed by atoms with E-state index in [1.54, 1.807) is 0 Å². The van der Waals surface area contributed by atoms with Gasteiger partial charge in [0.1, 0.15) is 5.41 Å². The third kappa shape index (κ3) is 1.47. The van der Waals surface area contributed by atoms with Crippen LogP contribution in [-0.4, -0.2) is 31.6 Å². The molecule has 4 heteroatoms. The second-order valence-electron chi connectivity index (χ2n) is 4.20. The minimum absolute atomic E-state index is 0.103. The zero-order valence-corrected chi connectivity index (χ0v) is 9.49. The molecule has 0 aromatic rings. The molecule has 0 unspecified atom stereocenters. The van der Waals surface area contributed by atoms with Gasteiger partial charge in [-0.15, -0.1) is 0 Å². The monoisotopic (exact) mass is 214 g/mol. The summed E-state index contributed by atoms with van der Waals surface area (Å²) in [5.41, 5.74) is -0.495. The second-order valence-corrected chi connectivity index (χ2v) is 4.20. The van der Waals surface area contributed by atoms with Crippen LogP contribution >= 0.6 is 0 Å². The molecule has 1 aliphatic heterocycles. The Balaban J connectivity index is 2.10. The van der Waals surface area contributed by atoms with Gasteiger partial charge >= 0.3 is 5.97 Å². The van der Waals surface area contributed by atoms with Crippen molar-refractivity contribution in [3.63, 3.8) is 0 Å². The van der Waals surface area contributed by atoms with Crippen LogP contribution in [0.15, 0.2) is 0 Å². The molecule has 1 heterocycles. The highest BCUT2D eigenvalue weighted by molar-refractivity contribution is 5.82. The van der Waals surface area contributed by atoms with E-state index in [1.807, 2.05) is 20.8 Å². The first-order valence-electron chi connectivity index (χ1n) is 5.61. The standard InChI is InChI=1S/C11H18O4/c1-4-13-9(12)11-6-8(11)7(3)15-10(11)14-5-2/h7-8,10H,4-6H2,1-3H3/t7-,8-,10+,11-/m1/s1. The SMILES string of the molecule is CCOC(=O)[C@@]12C[C@@H]1[C@@H](C)O[C@@H]2OCC. The van der Waals surface area contributed by atoms with E-state index < -0.39 is 11.7 Å². The number of fused-ring (bicyclic) bond motifs is 1. The van der Waals surface area contributed by atoms with Crippen LogP contribution in [0, 0.1) is 11.3 Å². The summed E-state index contributed by atoms with van der Waals surface area (Å²) >= 11 is 0. The summed E-state index contributed by atoms with van der Waals surface area (Å²) in [4.78, 5) is 11.9. The van der Waals surface area contributed by atoms with Gasteiger partial charge in [0.25, 0.3) is 0 Å². The minimum atomic E-state index is -0.495. The summed E-state index contributed by atoms with van der Waals surface area (Å²) in [6.07, 6.45) is 0.546. The Labute approximate surface area is 89.9 Å². The molecule has 0 N–H and O–H groups in total. The molecule has 0 aromatic carbocycles. The maximum Gasteiger partial charge on any atom is 0.317 e. The average molecular weight is 214 g/mol. The zero-order chi connectivity index (χ0) is 11.1. The van der Waals surface area contributed by atoms with Crippen molar-refractivity contribution in [2.24, 2.45) is 11.3 Å². The van der Waals surface area contributed by atoms with Crippen LogP contribution in [0.2, 0.25) is 0 Å². The van der Waals surface area contributed by atoms with Gasteiger partial charge in [-0.05, 0) is 27.2 Å². The maximum atomic E-state index is 11.9. The predicted octanol–water partition coefficient (Wildman–Crippen LogP) is 1.34. The summed E-state index contributed by atoms with van der Waals surface area (Å²) in [6, 6.07) is 0. The van der Waals surface area contributed by atoms with E-state index in [4.69, 9.17) is 14.2 Å². The molecular formula is C11H18O4. The summed E-state index contributed by atoms with van der Waals surface area (Å²) < 4.78 is 16.2. The highest BCUT2D eigenvalue weighted by Gasteiger charge is 2.73. The van der Waals surface area contributed by atoms with Gasteiger partial charge in [0.2, 0.25) is 0 Å². The van der Waals surface area contributed by atoms with Crippen molar-refractivity contribution in [3.05, 3.63) is 0 Å². The minimum Gasteiger partial charge on any atom is -0.465 e. The molecule has 1 saturated carbocycles. The van der Waals surface area contributed by atoms with Crippen molar-refractivity contribution < 1.29 is 19.0 Å². The van der Waals surface area contributed by atoms with E-state index in [0.717, 1.165) is 6.42 Å². The highest BCUT2D eigenvalue weighted by Crippen LogP contribution is 2.64. The maximum absolute atomic E-state index is 11.9. The molecule has 15 heavy (non-hydrogen) atoms. The van der Waals surface area contributed by atoms with Crippen LogP contribution in [0.3, 0.4) is 0 Å². The molecule has 0 bridgehead atoms. The van der Waals surface area contributed by atoms with Gasteiger partial charge in [-0.25, -0.2) is 0 Å². The first-order valence-corrected chi connectivity index (χ1v) is 5.61. The summed E-state index contributed by atoms with van der Waals surface area (Å²) in [5.74, 6) is 0.130. The summed E-state index contributed by atoms with van der Waals surface area (Å²) in [5, 5.41) is 0. The number of carbonyl (C=O) groups excluding carboxylic acids is 1. The predicted molar refractivity (Wildman–Crippen MR) is 53.1 cm³/mol. The average Bonchev–Trinajstić information content (AvgIpc) is 2.88. The smallest absolute Gasteiger partial charge is 0.317 e. The fraction of sp³-hybridized carbons (Fsp3) is 0.909. The lowest BCUT2D eigenvalue weighted by Crippen LogP contribution is -2.33. The number of esters is 1. The Morgan fingerprint density at radius 3 is 2.73 bits per heavy atom. The van der Waals surface area contributed by atoms with E-state index in [1.165, 1.54) is 0 Å². The Morgan fingerprint density at radius 1 is 1.47 bits per heavy atom. The van der Waals surface area contributed by atoms with Crippen molar-refractivity contribution in [1.29, 1.82) is 0 Å². The number of carbonyl (C=O) groups is 1. The largest absolute Gasteiger partial charge is 0.465 e. The van der Waals surface area contributed by atoms with Crippen molar-refractivity contribution in [2.75, 3.05) is 13.2 Å². The molecule has 1 aliphatic carbocycles. The lowest BCUT2D eigenvalue weighted by Gasteiger charge is -2.21. The first-order chi connectivity index (χ1) is 7.16. The number of hydrogen-bond acceptors (Lipinski definition) is 4. The lowest BCUT2D eigenvalue weighted by atomic mass is 10.0. The summed E-state index contributed by atoms with van der Waals surface area (Å²) in [6.45, 7) is 6.69. The molecule has 2 fully saturated rings. The third-order valence-corrected chi connectivity index (χ3v) is 3.36. The Morgan fingerprint density at radius 2 is 2.20 bits per heavy atom. The summed E-state index contributed by atoms with van der Waals surface area (Å²) in [7, 11) is 0. The van der Waals surface area contributed by atoms with Crippen molar-refractivity contribution in [3.8, 4) is 0 Å². The lowest BCUT2D eigenvalue weighted by molar-refractivity contribution is -0.187. The second kappa shape index (κ2) is 3.76. The van der Waals surface area contributed by atoms with Crippen LogP contribution < -0.4 is 0 Å². The molecule has 4 atom stereocenters. The van der Waals surface area contributed by atoms with E-state index >= 15 is 0 Å². The van der Waals surface area contributed by atoms with E-state index in [9.17, 15) is 4.79 Å². The van der Waals surface area contributed by atoms with Gasteiger partial charge in [-0.2, -0.15) is 0 Å². The molecule has 1 saturated heterocycles. The van der Waals surface area contributed by atoms with E-state index in [2.05, 4.69) is 0 Å². The van der Waals surface area contributed by atoms with Gasteiger partial charge < -0.3 is 14.2 Å². The molecule has 0 amide bonds. The molecule has 0 radical (unpaired) electrons. The van der Waals surface area contributed by atoms with Crippen molar-refractivity contribution >= 4 is 5.97 Å². The van der Waals surface area contributed by atoms with Crippen molar-refractivity contribution in [1.82, 2.24) is 0 Å².